The van der Waals surface area contributed by atoms with Crippen LogP contribution in [0.1, 0.15) is 52.4 Å². The molecule has 0 rings (SSSR count). The molecule has 0 aromatic heterocycles. The third kappa shape index (κ3) is 18.5. The Hall–Kier alpha value is 1.60. The van der Waals surface area contributed by atoms with Gasteiger partial charge in [-0.1, -0.05) is 39.5 Å². The van der Waals surface area contributed by atoms with E-state index in [4.69, 9.17) is 0 Å². The Bertz CT molecular complexity index is 42.8. The van der Waals surface area contributed by atoms with Gasteiger partial charge < -0.3 is 6.42 Å². The molecular weight excluding hydrogens is 138 g/mol. The summed E-state index contributed by atoms with van der Waals surface area (Å²) in [4.78, 5) is 0. The zero-order valence-electron chi connectivity index (χ0n) is 8.82. The van der Waals surface area contributed by atoms with E-state index in [1.807, 2.05) is 0 Å². The van der Waals surface area contributed by atoms with Gasteiger partial charge in [0, 0.05) is 18.9 Å². The third-order valence-electron chi connectivity index (χ3n) is 1.52. The van der Waals surface area contributed by atoms with E-state index >= 15 is 0 Å². The molecule has 0 nitrogen and oxygen atoms in total. The fourth-order valence-electron chi connectivity index (χ4n) is 0.841. The van der Waals surface area contributed by atoms with Crippen LogP contribution in [0.15, 0.2) is 0 Å². The van der Waals surface area contributed by atoms with Crippen LogP contribution in [-0.4, -0.2) is 18.9 Å². The Balaban J connectivity index is -0.000000320. The Morgan fingerprint density at radius 1 is 0.909 bits per heavy atom. The topological polar surface area (TPSA) is 0 Å². The molecular formula is C9H19LiNa. The van der Waals surface area contributed by atoms with Crippen LogP contribution >= 0.6 is 0 Å². The summed E-state index contributed by atoms with van der Waals surface area (Å²) in [7, 11) is 0. The molecule has 2 heteroatoms. The van der Waals surface area contributed by atoms with Crippen LogP contribution in [0.2, 0.25) is 0 Å². The van der Waals surface area contributed by atoms with Crippen molar-refractivity contribution in [1.82, 2.24) is 0 Å². The fraction of sp³-hybridized carbons (Fsp3) is 0.889. The van der Waals surface area contributed by atoms with Gasteiger partial charge in [0.1, 0.15) is 0 Å². The second kappa shape index (κ2) is 17.6. The van der Waals surface area contributed by atoms with Gasteiger partial charge in [-0.3, -0.25) is 0 Å². The SMILES string of the molecule is CCCC[CH-]CCCC.[Li].[Na+]. The average Bonchev–Trinajstić information content (AvgIpc) is 1.89. The Morgan fingerprint density at radius 2 is 1.27 bits per heavy atom. The smallest absolute Gasteiger partial charge is 0.328 e. The molecule has 0 N–H and O–H groups in total. The summed E-state index contributed by atoms with van der Waals surface area (Å²) in [6, 6.07) is 0. The van der Waals surface area contributed by atoms with Crippen LogP contribution in [0.5, 0.6) is 0 Å². The van der Waals surface area contributed by atoms with Crippen LogP contribution in [0.25, 0.3) is 0 Å². The summed E-state index contributed by atoms with van der Waals surface area (Å²) in [5.74, 6) is 0. The van der Waals surface area contributed by atoms with Crippen LogP contribution in [0, 0.1) is 6.42 Å². The molecule has 0 bridgehead atoms. The monoisotopic (exact) mass is 157 g/mol. The van der Waals surface area contributed by atoms with Crippen molar-refractivity contribution >= 4 is 18.9 Å². The van der Waals surface area contributed by atoms with Gasteiger partial charge in [-0.05, 0) is 0 Å². The van der Waals surface area contributed by atoms with Crippen molar-refractivity contribution in [2.75, 3.05) is 0 Å². The van der Waals surface area contributed by atoms with Crippen molar-refractivity contribution in [2.24, 2.45) is 0 Å². The zero-order chi connectivity index (χ0) is 6.95. The molecule has 0 fully saturated rings. The Kier molecular flexibility index (Phi) is 29.5. The van der Waals surface area contributed by atoms with E-state index in [0.717, 1.165) is 0 Å². The molecule has 0 aromatic rings. The molecule has 1 radical (unpaired) electrons. The van der Waals surface area contributed by atoms with Crippen molar-refractivity contribution in [3.05, 3.63) is 6.42 Å². The summed E-state index contributed by atoms with van der Waals surface area (Å²) >= 11 is 0. The van der Waals surface area contributed by atoms with Gasteiger partial charge in [-0.25, -0.2) is 0 Å². The molecule has 0 amide bonds. The van der Waals surface area contributed by atoms with Crippen molar-refractivity contribution in [2.45, 2.75) is 52.4 Å². The Morgan fingerprint density at radius 3 is 1.55 bits per heavy atom. The van der Waals surface area contributed by atoms with Gasteiger partial charge in [0.2, 0.25) is 0 Å². The summed E-state index contributed by atoms with van der Waals surface area (Å²) in [5.41, 5.74) is 0. The zero-order valence-corrected chi connectivity index (χ0v) is 10.8. The van der Waals surface area contributed by atoms with Crippen molar-refractivity contribution in [3.8, 4) is 0 Å². The molecule has 0 saturated carbocycles. The second-order valence-electron chi connectivity index (χ2n) is 2.57. The predicted molar refractivity (Wildman–Crippen MR) is 49.1 cm³/mol. The molecule has 0 atom stereocenters. The van der Waals surface area contributed by atoms with E-state index in [1.165, 1.54) is 38.5 Å². The molecule has 11 heavy (non-hydrogen) atoms. The van der Waals surface area contributed by atoms with Gasteiger partial charge >= 0.3 is 29.6 Å². The van der Waals surface area contributed by atoms with E-state index < -0.39 is 0 Å². The quantitative estimate of drug-likeness (QED) is 0.293. The van der Waals surface area contributed by atoms with E-state index in [9.17, 15) is 0 Å². The molecule has 0 spiro atoms. The van der Waals surface area contributed by atoms with E-state index in [-0.39, 0.29) is 48.4 Å². The molecule has 0 aliphatic rings. The molecule has 0 aromatic carbocycles. The minimum atomic E-state index is 0. The van der Waals surface area contributed by atoms with Gasteiger partial charge in [0.05, 0.1) is 0 Å². The maximum atomic E-state index is 2.42. The molecule has 0 unspecified atom stereocenters. The van der Waals surface area contributed by atoms with E-state index in [2.05, 4.69) is 20.3 Å². The first kappa shape index (κ1) is 18.4. The fourth-order valence-corrected chi connectivity index (χ4v) is 0.841. The number of unbranched alkanes of at least 4 members (excludes halogenated alkanes) is 6. The maximum Gasteiger partial charge on any atom is 1.00 e. The van der Waals surface area contributed by atoms with Crippen LogP contribution in [0.3, 0.4) is 0 Å². The third-order valence-corrected chi connectivity index (χ3v) is 1.52. The minimum Gasteiger partial charge on any atom is -0.328 e. The molecule has 0 saturated heterocycles. The molecule has 0 aliphatic carbocycles. The first-order valence-corrected chi connectivity index (χ1v) is 4.23. The Labute approximate surface area is 106 Å². The van der Waals surface area contributed by atoms with Gasteiger partial charge in [0.15, 0.2) is 0 Å². The van der Waals surface area contributed by atoms with Crippen molar-refractivity contribution < 1.29 is 29.6 Å². The van der Waals surface area contributed by atoms with Crippen molar-refractivity contribution in [3.63, 3.8) is 0 Å². The molecule has 57 valence electrons. The maximum absolute atomic E-state index is 2.42. The van der Waals surface area contributed by atoms with Gasteiger partial charge in [0.25, 0.3) is 0 Å². The average molecular weight is 157 g/mol. The summed E-state index contributed by atoms with van der Waals surface area (Å²) in [6.45, 7) is 4.49. The van der Waals surface area contributed by atoms with Crippen LogP contribution in [0.4, 0.5) is 0 Å². The van der Waals surface area contributed by atoms with Crippen LogP contribution in [-0.2, 0) is 0 Å². The number of hydrogen-bond donors (Lipinski definition) is 0. The number of hydrogen-bond acceptors (Lipinski definition) is 0. The first-order valence-electron chi connectivity index (χ1n) is 4.23. The van der Waals surface area contributed by atoms with E-state index in [1.54, 1.807) is 0 Å². The summed E-state index contributed by atoms with van der Waals surface area (Å²) in [6.07, 6.45) is 10.5. The first-order chi connectivity index (χ1) is 4.41. The van der Waals surface area contributed by atoms with E-state index in [0.29, 0.717) is 0 Å². The number of rotatable bonds is 6. The summed E-state index contributed by atoms with van der Waals surface area (Å²) in [5, 5.41) is 0. The summed E-state index contributed by atoms with van der Waals surface area (Å²) < 4.78 is 0. The standard InChI is InChI=1S/C9H19.Li.Na/c1-3-5-7-9-8-6-4-2;;/h9H,3-8H2,1-2H3;;/q-1;;+1. The normalized spacial score (nSPS) is 8.18. The molecule has 0 aliphatic heterocycles. The molecule has 0 heterocycles. The predicted octanol–water partition coefficient (Wildman–Crippen LogP) is 0.194. The minimum absolute atomic E-state index is 0. The van der Waals surface area contributed by atoms with Crippen molar-refractivity contribution in [1.29, 1.82) is 0 Å². The van der Waals surface area contributed by atoms with Crippen LogP contribution < -0.4 is 29.6 Å². The van der Waals surface area contributed by atoms with Gasteiger partial charge in [-0.2, -0.15) is 12.8 Å². The largest absolute Gasteiger partial charge is 1.00 e. The second-order valence-corrected chi connectivity index (χ2v) is 2.57. The van der Waals surface area contributed by atoms with Gasteiger partial charge in [-0.15, -0.1) is 0 Å².